The molecule has 1 aliphatic rings. The second-order valence-corrected chi connectivity index (χ2v) is 7.93. The van der Waals surface area contributed by atoms with E-state index in [9.17, 15) is 8.42 Å². The van der Waals surface area contributed by atoms with E-state index in [1.165, 1.54) is 0 Å². The largest absolute Gasteiger partial charge is 0.457 e. The second-order valence-electron chi connectivity index (χ2n) is 5.99. The molecule has 0 bridgehead atoms. The summed E-state index contributed by atoms with van der Waals surface area (Å²) in [7, 11) is -3.47. The summed E-state index contributed by atoms with van der Waals surface area (Å²) in [4.78, 5) is 0.292. The van der Waals surface area contributed by atoms with Gasteiger partial charge in [-0.15, -0.1) is 0 Å². The van der Waals surface area contributed by atoms with Crippen LogP contribution in [0.15, 0.2) is 59.5 Å². The number of benzene rings is 2. The van der Waals surface area contributed by atoms with E-state index in [-0.39, 0.29) is 5.92 Å². The molecule has 1 atom stereocenters. The molecule has 1 unspecified atom stereocenters. The Morgan fingerprint density at radius 1 is 1.04 bits per heavy atom. The molecule has 128 valence electrons. The van der Waals surface area contributed by atoms with Crippen molar-refractivity contribution in [3.63, 3.8) is 0 Å². The third-order valence-electron chi connectivity index (χ3n) is 4.26. The Labute approximate surface area is 143 Å². The van der Waals surface area contributed by atoms with Crippen LogP contribution in [0.2, 0.25) is 0 Å². The maximum atomic E-state index is 12.8. The zero-order chi connectivity index (χ0) is 17.0. The first-order valence-corrected chi connectivity index (χ1v) is 9.57. The molecule has 5 nitrogen and oxygen atoms in total. The van der Waals surface area contributed by atoms with Crippen molar-refractivity contribution in [2.75, 3.05) is 19.6 Å². The molecular formula is C18H22N2O3S. The molecule has 1 fully saturated rings. The summed E-state index contributed by atoms with van der Waals surface area (Å²) < 4.78 is 32.8. The van der Waals surface area contributed by atoms with Gasteiger partial charge in [-0.3, -0.25) is 0 Å². The minimum Gasteiger partial charge on any atom is -0.457 e. The predicted molar refractivity (Wildman–Crippen MR) is 93.5 cm³/mol. The molecule has 0 radical (unpaired) electrons. The van der Waals surface area contributed by atoms with Crippen LogP contribution in [0.3, 0.4) is 0 Å². The fourth-order valence-corrected chi connectivity index (χ4v) is 4.45. The zero-order valence-electron chi connectivity index (χ0n) is 13.5. The molecule has 2 aromatic carbocycles. The smallest absolute Gasteiger partial charge is 0.243 e. The number of ether oxygens (including phenoxy) is 1. The van der Waals surface area contributed by atoms with E-state index in [2.05, 4.69) is 0 Å². The van der Waals surface area contributed by atoms with Crippen molar-refractivity contribution < 1.29 is 13.2 Å². The molecule has 0 aromatic heterocycles. The van der Waals surface area contributed by atoms with Crippen LogP contribution in [0.4, 0.5) is 0 Å². The Kier molecular flexibility index (Phi) is 5.18. The lowest BCUT2D eigenvalue weighted by Crippen LogP contribution is -2.41. The van der Waals surface area contributed by atoms with Gasteiger partial charge in [-0.05, 0) is 61.7 Å². The maximum absolute atomic E-state index is 12.8. The summed E-state index contributed by atoms with van der Waals surface area (Å²) >= 11 is 0. The molecule has 6 heteroatoms. The highest BCUT2D eigenvalue weighted by Gasteiger charge is 2.29. The number of para-hydroxylation sites is 1. The summed E-state index contributed by atoms with van der Waals surface area (Å²) in [5.74, 6) is 1.57. The van der Waals surface area contributed by atoms with Crippen LogP contribution in [-0.4, -0.2) is 32.4 Å². The molecule has 2 N–H and O–H groups in total. The van der Waals surface area contributed by atoms with Crippen LogP contribution in [0.1, 0.15) is 12.8 Å². The maximum Gasteiger partial charge on any atom is 0.243 e. The van der Waals surface area contributed by atoms with Crippen LogP contribution >= 0.6 is 0 Å². The zero-order valence-corrected chi connectivity index (χ0v) is 14.3. The van der Waals surface area contributed by atoms with Crippen molar-refractivity contribution in [3.8, 4) is 11.5 Å². The van der Waals surface area contributed by atoms with E-state index in [1.54, 1.807) is 28.6 Å². The van der Waals surface area contributed by atoms with Crippen LogP contribution in [0.5, 0.6) is 11.5 Å². The van der Waals surface area contributed by atoms with E-state index >= 15 is 0 Å². The summed E-state index contributed by atoms with van der Waals surface area (Å²) in [5, 5.41) is 0. The first-order valence-electron chi connectivity index (χ1n) is 8.13. The first kappa shape index (κ1) is 17.0. The molecule has 24 heavy (non-hydrogen) atoms. The van der Waals surface area contributed by atoms with Gasteiger partial charge in [0.05, 0.1) is 4.90 Å². The molecule has 2 aromatic rings. The minimum absolute atomic E-state index is 0.245. The van der Waals surface area contributed by atoms with E-state index in [0.29, 0.717) is 30.3 Å². The van der Waals surface area contributed by atoms with Crippen molar-refractivity contribution in [1.82, 2.24) is 4.31 Å². The Hall–Kier alpha value is -1.89. The SMILES string of the molecule is NCC1CCCN(S(=O)(=O)c2ccc(Oc3ccccc3)cc2)C1. The van der Waals surface area contributed by atoms with E-state index in [4.69, 9.17) is 10.5 Å². The highest BCUT2D eigenvalue weighted by Crippen LogP contribution is 2.26. The van der Waals surface area contributed by atoms with Crippen molar-refractivity contribution in [1.29, 1.82) is 0 Å². The standard InChI is InChI=1S/C18H22N2O3S/c19-13-15-5-4-12-20(14-15)24(21,22)18-10-8-17(9-11-18)23-16-6-2-1-3-7-16/h1-3,6-11,15H,4-5,12-14,19H2. The highest BCUT2D eigenvalue weighted by atomic mass is 32.2. The molecule has 0 saturated carbocycles. The third-order valence-corrected chi connectivity index (χ3v) is 6.13. The fourth-order valence-electron chi connectivity index (χ4n) is 2.89. The van der Waals surface area contributed by atoms with Crippen LogP contribution in [0, 0.1) is 5.92 Å². The molecule has 0 amide bonds. The van der Waals surface area contributed by atoms with Crippen LogP contribution < -0.4 is 10.5 Å². The first-order chi connectivity index (χ1) is 11.6. The number of hydrogen-bond donors (Lipinski definition) is 1. The number of nitrogens with two attached hydrogens (primary N) is 1. The van der Waals surface area contributed by atoms with Crippen molar-refractivity contribution in [2.24, 2.45) is 11.7 Å². The van der Waals surface area contributed by atoms with E-state index < -0.39 is 10.0 Å². The Balaban J connectivity index is 1.74. The number of piperidine rings is 1. The predicted octanol–water partition coefficient (Wildman–Crippen LogP) is 2.84. The number of nitrogens with zero attached hydrogens (tertiary/aromatic N) is 1. The summed E-state index contributed by atoms with van der Waals surface area (Å²) in [6.07, 6.45) is 1.85. The average Bonchev–Trinajstić information content (AvgIpc) is 2.63. The quantitative estimate of drug-likeness (QED) is 0.903. The van der Waals surface area contributed by atoms with Gasteiger partial charge in [0.15, 0.2) is 0 Å². The van der Waals surface area contributed by atoms with Crippen molar-refractivity contribution >= 4 is 10.0 Å². The van der Waals surface area contributed by atoms with Crippen molar-refractivity contribution in [2.45, 2.75) is 17.7 Å². The minimum atomic E-state index is -3.47. The lowest BCUT2D eigenvalue weighted by molar-refractivity contribution is 0.271. The van der Waals surface area contributed by atoms with E-state index in [1.807, 2.05) is 30.3 Å². The summed E-state index contributed by atoms with van der Waals surface area (Å²) in [5.41, 5.74) is 5.70. The molecule has 1 saturated heterocycles. The van der Waals surface area contributed by atoms with Gasteiger partial charge in [-0.25, -0.2) is 8.42 Å². The highest BCUT2D eigenvalue weighted by molar-refractivity contribution is 7.89. The van der Waals surface area contributed by atoms with Gasteiger partial charge in [0.25, 0.3) is 0 Å². The normalized spacial score (nSPS) is 19.1. The Bertz CT molecular complexity index is 761. The summed E-state index contributed by atoms with van der Waals surface area (Å²) in [6.45, 7) is 1.58. The summed E-state index contributed by atoms with van der Waals surface area (Å²) in [6, 6.07) is 16.0. The molecule has 0 spiro atoms. The lowest BCUT2D eigenvalue weighted by atomic mass is 10.0. The van der Waals surface area contributed by atoms with Gasteiger partial charge in [0.2, 0.25) is 10.0 Å². The molecule has 0 aliphatic carbocycles. The second kappa shape index (κ2) is 7.34. The van der Waals surface area contributed by atoms with Gasteiger partial charge in [-0.2, -0.15) is 4.31 Å². The Morgan fingerprint density at radius 3 is 2.38 bits per heavy atom. The van der Waals surface area contributed by atoms with Gasteiger partial charge < -0.3 is 10.5 Å². The molecule has 1 heterocycles. The third kappa shape index (κ3) is 3.77. The van der Waals surface area contributed by atoms with Gasteiger partial charge >= 0.3 is 0 Å². The Morgan fingerprint density at radius 2 is 1.71 bits per heavy atom. The molecule has 3 rings (SSSR count). The van der Waals surface area contributed by atoms with Crippen LogP contribution in [0.25, 0.3) is 0 Å². The number of hydrogen-bond acceptors (Lipinski definition) is 4. The monoisotopic (exact) mass is 346 g/mol. The number of sulfonamides is 1. The van der Waals surface area contributed by atoms with E-state index in [0.717, 1.165) is 18.6 Å². The van der Waals surface area contributed by atoms with Gasteiger partial charge in [0, 0.05) is 13.1 Å². The van der Waals surface area contributed by atoms with Crippen LogP contribution in [-0.2, 0) is 10.0 Å². The van der Waals surface area contributed by atoms with Crippen molar-refractivity contribution in [3.05, 3.63) is 54.6 Å². The topological polar surface area (TPSA) is 72.6 Å². The lowest BCUT2D eigenvalue weighted by Gasteiger charge is -2.31. The van der Waals surface area contributed by atoms with Gasteiger partial charge in [-0.1, -0.05) is 18.2 Å². The average molecular weight is 346 g/mol. The fraction of sp³-hybridized carbons (Fsp3) is 0.333. The molecule has 1 aliphatic heterocycles. The number of rotatable bonds is 5. The molecular weight excluding hydrogens is 324 g/mol. The van der Waals surface area contributed by atoms with Gasteiger partial charge in [0.1, 0.15) is 11.5 Å².